The van der Waals surface area contributed by atoms with Gasteiger partial charge in [-0.15, -0.1) is 5.06 Å². The smallest absolute Gasteiger partial charge is 0.318 e. The molecule has 0 bridgehead atoms. The van der Waals surface area contributed by atoms with Gasteiger partial charge in [-0.1, -0.05) is 82.8 Å². The molecule has 0 aromatic heterocycles. The molecule has 0 atom stereocenters. The molecule has 0 radical (unpaired) electrons. The number of amides is 2. The minimum absolute atomic E-state index is 0.0883. The van der Waals surface area contributed by atoms with E-state index in [1.54, 1.807) is 0 Å². The highest BCUT2D eigenvalue weighted by Gasteiger charge is 2.32. The Morgan fingerprint density at radius 3 is 1.97 bits per heavy atom. The second kappa shape index (κ2) is 16.8. The Kier molecular flexibility index (Phi) is 14.5. The summed E-state index contributed by atoms with van der Waals surface area (Å²) in [6.45, 7) is 2.26. The molecule has 0 saturated carbocycles. The number of hydrogen-bond donors (Lipinski definition) is 0. The first-order valence-electron chi connectivity index (χ1n) is 11.4. The summed E-state index contributed by atoms with van der Waals surface area (Å²) in [5.41, 5.74) is 0. The zero-order chi connectivity index (χ0) is 21.2. The van der Waals surface area contributed by atoms with E-state index in [1.807, 2.05) is 0 Å². The van der Waals surface area contributed by atoms with E-state index < -0.39 is 17.8 Å². The maximum Gasteiger partial charge on any atom is 0.409 e. The van der Waals surface area contributed by atoms with Crippen LogP contribution >= 0.6 is 0 Å². The van der Waals surface area contributed by atoms with Gasteiger partial charge in [-0.25, -0.2) is 4.79 Å². The molecule has 1 aliphatic rings. The molecule has 0 aromatic carbocycles. The molecule has 5 nitrogen and oxygen atoms in total. The first kappa shape index (κ1) is 24.9. The monoisotopic (exact) mass is 403 g/mol. The number of hydroxylamine groups is 2. The summed E-state index contributed by atoms with van der Waals surface area (Å²) >= 11 is 0. The van der Waals surface area contributed by atoms with Gasteiger partial charge in [0, 0.05) is 25.2 Å². The van der Waals surface area contributed by atoms with Crippen LogP contribution in [0.3, 0.4) is 0 Å². The predicted molar refractivity (Wildman–Crippen MR) is 114 cm³/mol. The van der Waals surface area contributed by atoms with Crippen molar-refractivity contribution in [2.45, 2.75) is 110 Å². The van der Waals surface area contributed by atoms with Crippen molar-refractivity contribution in [1.29, 1.82) is 0 Å². The van der Waals surface area contributed by atoms with E-state index >= 15 is 0 Å². The number of allylic oxidation sites excluding steroid dienone is 2. The second-order valence-corrected chi connectivity index (χ2v) is 7.60. The van der Waals surface area contributed by atoms with Gasteiger partial charge in [-0.05, 0) is 25.7 Å². The molecule has 0 aromatic rings. The zero-order valence-corrected chi connectivity index (χ0v) is 18.0. The summed E-state index contributed by atoms with van der Waals surface area (Å²) in [6, 6.07) is 0. The number of rotatable bonds is 15. The van der Waals surface area contributed by atoms with Gasteiger partial charge in [-0.3, -0.25) is 9.59 Å². The Labute approximate surface area is 176 Å². The van der Waals surface area contributed by atoms with Crippen LogP contribution in [0.25, 0.3) is 0 Å². The third-order valence-corrected chi connectivity index (χ3v) is 4.93. The molecule has 0 aliphatic carbocycles. The third-order valence-electron chi connectivity index (χ3n) is 4.93. The van der Waals surface area contributed by atoms with Crippen LogP contribution in [0, 0.1) is 11.8 Å². The quantitative estimate of drug-likeness (QED) is 0.154. The lowest BCUT2D eigenvalue weighted by Crippen LogP contribution is -2.31. The van der Waals surface area contributed by atoms with Crippen molar-refractivity contribution in [3.63, 3.8) is 0 Å². The molecular weight excluding hydrogens is 366 g/mol. The van der Waals surface area contributed by atoms with Crippen molar-refractivity contribution < 1.29 is 19.2 Å². The summed E-state index contributed by atoms with van der Waals surface area (Å²) in [5, 5.41) is 0.521. The number of unbranched alkanes of at least 4 members (excludes halogenated alkanes) is 12. The molecule has 1 rings (SSSR count). The Morgan fingerprint density at radius 2 is 1.38 bits per heavy atom. The van der Waals surface area contributed by atoms with E-state index in [-0.39, 0.29) is 12.8 Å². The van der Waals surface area contributed by atoms with Crippen LogP contribution in [-0.4, -0.2) is 22.8 Å². The topological polar surface area (TPSA) is 63.7 Å². The third kappa shape index (κ3) is 12.9. The lowest BCUT2D eigenvalue weighted by molar-refractivity contribution is -0.193. The number of carbonyl (C=O) groups excluding carboxylic acids is 3. The average molecular weight is 404 g/mol. The minimum atomic E-state index is -0.856. The Hall–Kier alpha value is -2.09. The van der Waals surface area contributed by atoms with E-state index in [2.05, 4.69) is 35.8 Å². The highest BCUT2D eigenvalue weighted by Crippen LogP contribution is 2.12. The number of hydrogen-bond acceptors (Lipinski definition) is 4. The maximum atomic E-state index is 11.5. The molecule has 1 aliphatic heterocycles. The van der Waals surface area contributed by atoms with Gasteiger partial charge in [0.1, 0.15) is 0 Å². The summed E-state index contributed by atoms with van der Waals surface area (Å²) in [4.78, 5) is 38.8. The molecule has 1 saturated heterocycles. The van der Waals surface area contributed by atoms with Crippen LogP contribution in [0.2, 0.25) is 0 Å². The van der Waals surface area contributed by atoms with Gasteiger partial charge in [0.25, 0.3) is 11.8 Å². The fourth-order valence-corrected chi connectivity index (χ4v) is 3.19. The van der Waals surface area contributed by atoms with Crippen LogP contribution in [-0.2, 0) is 19.2 Å². The largest absolute Gasteiger partial charge is 0.409 e. The summed E-state index contributed by atoms with van der Waals surface area (Å²) in [6.07, 6.45) is 21.7. The van der Waals surface area contributed by atoms with E-state index in [0.717, 1.165) is 19.3 Å². The molecule has 1 fully saturated rings. The normalized spacial score (nSPS) is 13.8. The Balaban J connectivity index is 1.91. The lowest BCUT2D eigenvalue weighted by atomic mass is 10.1. The molecule has 1 heterocycles. The maximum absolute atomic E-state index is 11.5. The van der Waals surface area contributed by atoms with E-state index in [0.29, 0.717) is 11.5 Å². The van der Waals surface area contributed by atoms with Crippen LogP contribution in [0.5, 0.6) is 0 Å². The highest BCUT2D eigenvalue weighted by atomic mass is 16.7. The van der Waals surface area contributed by atoms with Crippen molar-refractivity contribution in [3.05, 3.63) is 12.2 Å². The molecule has 162 valence electrons. The van der Waals surface area contributed by atoms with Crippen molar-refractivity contribution >= 4 is 17.8 Å². The van der Waals surface area contributed by atoms with Gasteiger partial charge < -0.3 is 4.84 Å². The van der Waals surface area contributed by atoms with Crippen molar-refractivity contribution in [1.82, 2.24) is 5.06 Å². The number of carbonyl (C=O) groups is 3. The highest BCUT2D eigenvalue weighted by molar-refractivity contribution is 6.02. The van der Waals surface area contributed by atoms with E-state index in [4.69, 9.17) is 0 Å². The SMILES string of the molecule is CCCCCCCCCCCC/C=C\CCCC#CC(=O)ON1C(=O)CCC1=O. The average Bonchev–Trinajstić information content (AvgIpc) is 3.02. The first-order chi connectivity index (χ1) is 14.1. The second-order valence-electron chi connectivity index (χ2n) is 7.60. The molecule has 29 heavy (non-hydrogen) atoms. The van der Waals surface area contributed by atoms with Gasteiger partial charge in [0.15, 0.2) is 0 Å². The Morgan fingerprint density at radius 1 is 0.862 bits per heavy atom. The van der Waals surface area contributed by atoms with Gasteiger partial charge >= 0.3 is 5.97 Å². The summed E-state index contributed by atoms with van der Waals surface area (Å²) in [7, 11) is 0. The van der Waals surface area contributed by atoms with Crippen LogP contribution in [0.1, 0.15) is 110 Å². The van der Waals surface area contributed by atoms with Crippen molar-refractivity contribution in [2.24, 2.45) is 0 Å². The van der Waals surface area contributed by atoms with Crippen molar-refractivity contribution in [2.75, 3.05) is 0 Å². The van der Waals surface area contributed by atoms with Gasteiger partial charge in [0.2, 0.25) is 0 Å². The van der Waals surface area contributed by atoms with Gasteiger partial charge in [-0.2, -0.15) is 0 Å². The first-order valence-corrected chi connectivity index (χ1v) is 11.4. The summed E-state index contributed by atoms with van der Waals surface area (Å²) in [5.74, 6) is 3.21. The van der Waals surface area contributed by atoms with Crippen LogP contribution < -0.4 is 0 Å². The van der Waals surface area contributed by atoms with Crippen LogP contribution in [0.15, 0.2) is 12.2 Å². The summed E-state index contributed by atoms with van der Waals surface area (Å²) < 4.78 is 0. The standard InChI is InChI=1S/C24H37NO4/c1-2-3-4-5-6-7-8-9-10-11-12-13-14-15-16-17-18-19-24(28)29-25-22(26)20-21-23(25)27/h13-14H,2-12,15-17,20-21H2,1H3/b14-13-. The number of imide groups is 1. The molecule has 0 unspecified atom stereocenters. The molecular formula is C24H37NO4. The molecule has 5 heteroatoms. The molecule has 2 amide bonds. The van der Waals surface area contributed by atoms with Crippen molar-refractivity contribution in [3.8, 4) is 11.8 Å². The fraction of sp³-hybridized carbons (Fsp3) is 0.708. The molecule has 0 spiro atoms. The minimum Gasteiger partial charge on any atom is -0.318 e. The zero-order valence-electron chi connectivity index (χ0n) is 18.0. The molecule has 0 N–H and O–H groups in total. The van der Waals surface area contributed by atoms with Gasteiger partial charge in [0.05, 0.1) is 0 Å². The lowest BCUT2D eigenvalue weighted by Gasteiger charge is -2.09. The van der Waals surface area contributed by atoms with Crippen LogP contribution in [0.4, 0.5) is 0 Å². The van der Waals surface area contributed by atoms with E-state index in [9.17, 15) is 14.4 Å². The number of nitrogens with zero attached hydrogens (tertiary/aromatic N) is 1. The fourth-order valence-electron chi connectivity index (χ4n) is 3.19. The van der Waals surface area contributed by atoms with E-state index in [1.165, 1.54) is 64.2 Å². The Bertz CT molecular complexity index is 569. The predicted octanol–water partition coefficient (Wildman–Crippen LogP) is 5.63.